The number of benzene rings is 2. The van der Waals surface area contributed by atoms with E-state index < -0.39 is 0 Å². The third kappa shape index (κ3) is 4.29. The van der Waals surface area contributed by atoms with Crippen molar-refractivity contribution in [3.05, 3.63) is 83.5 Å². The van der Waals surface area contributed by atoms with Crippen molar-refractivity contribution >= 4 is 18.0 Å². The van der Waals surface area contributed by atoms with Crippen LogP contribution in [0.5, 0.6) is 11.5 Å². The number of fused-ring (bicyclic) bond motifs is 5. The van der Waals surface area contributed by atoms with Gasteiger partial charge in [-0.2, -0.15) is 10.1 Å². The zero-order chi connectivity index (χ0) is 24.5. The van der Waals surface area contributed by atoms with E-state index in [4.69, 9.17) is 9.47 Å². The van der Waals surface area contributed by atoms with Gasteiger partial charge in [0.1, 0.15) is 6.61 Å². The van der Waals surface area contributed by atoms with Crippen molar-refractivity contribution in [2.75, 3.05) is 6.61 Å². The topological polar surface area (TPSA) is 68.2 Å². The van der Waals surface area contributed by atoms with E-state index in [1.165, 1.54) is 5.56 Å². The first kappa shape index (κ1) is 23.1. The Kier molecular flexibility index (Phi) is 6.29. The van der Waals surface area contributed by atoms with Gasteiger partial charge in [0.05, 0.1) is 24.7 Å². The second-order valence-corrected chi connectivity index (χ2v) is 9.44. The van der Waals surface area contributed by atoms with Crippen LogP contribution >= 0.6 is 0 Å². The Bertz CT molecular complexity index is 1180. The molecule has 0 spiro atoms. The van der Waals surface area contributed by atoms with Crippen molar-refractivity contribution in [1.82, 2.24) is 5.01 Å². The van der Waals surface area contributed by atoms with Crippen LogP contribution < -0.4 is 9.47 Å². The highest BCUT2D eigenvalue weighted by molar-refractivity contribution is 6.06. The Morgan fingerprint density at radius 2 is 1.74 bits per heavy atom. The standard InChI is InChI=1S/C29H30N2O4/c1-4-6-23-13-20(14-24(34-5-2)27(23)35-17-19-9-7-18(3)8-10-19)16-30-31-28(32)25-21-11-12-22(15-21)26(25)29(31)33/h4,7-14,16,21-22,25-26H,1,5-6,15,17H2,2-3H3/t21-,22-,25-,26+/m0/s1. The van der Waals surface area contributed by atoms with Crippen molar-refractivity contribution in [3.8, 4) is 11.5 Å². The van der Waals surface area contributed by atoms with Gasteiger partial charge in [-0.15, -0.1) is 6.58 Å². The number of aryl methyl sites for hydroxylation is 1. The molecule has 2 aliphatic carbocycles. The number of hydrogen-bond acceptors (Lipinski definition) is 5. The Morgan fingerprint density at radius 1 is 1.06 bits per heavy atom. The first-order valence-corrected chi connectivity index (χ1v) is 12.2. The summed E-state index contributed by atoms with van der Waals surface area (Å²) in [6, 6.07) is 12.0. The minimum atomic E-state index is -0.262. The van der Waals surface area contributed by atoms with E-state index in [1.54, 1.807) is 6.21 Å². The number of hydrogen-bond donors (Lipinski definition) is 0. The Morgan fingerprint density at radius 3 is 2.37 bits per heavy atom. The summed E-state index contributed by atoms with van der Waals surface area (Å²) in [5, 5.41) is 5.39. The van der Waals surface area contributed by atoms with Gasteiger partial charge < -0.3 is 9.47 Å². The molecular weight excluding hydrogens is 440 g/mol. The fourth-order valence-corrected chi connectivity index (χ4v) is 5.46. The second-order valence-electron chi connectivity index (χ2n) is 9.44. The highest BCUT2D eigenvalue weighted by Gasteiger charge is 2.59. The van der Waals surface area contributed by atoms with E-state index in [0.29, 0.717) is 31.1 Å². The Labute approximate surface area is 205 Å². The van der Waals surface area contributed by atoms with Gasteiger partial charge in [-0.3, -0.25) is 9.59 Å². The lowest BCUT2D eigenvalue weighted by Crippen LogP contribution is -2.28. The molecule has 0 radical (unpaired) electrons. The van der Waals surface area contributed by atoms with Crippen LogP contribution in [-0.2, 0) is 22.6 Å². The average molecular weight is 471 g/mol. The zero-order valence-corrected chi connectivity index (χ0v) is 20.1. The van der Waals surface area contributed by atoms with Crippen LogP contribution in [0.15, 0.2) is 66.3 Å². The first-order valence-electron chi connectivity index (χ1n) is 12.2. The summed E-state index contributed by atoms with van der Waals surface area (Å²) >= 11 is 0. The van der Waals surface area contributed by atoms with Gasteiger partial charge in [0.25, 0.3) is 11.8 Å². The molecule has 2 bridgehead atoms. The number of rotatable bonds is 9. The number of ether oxygens (including phenoxy) is 2. The average Bonchev–Trinajstić information content (AvgIpc) is 3.53. The number of carbonyl (C=O) groups is 2. The smallest absolute Gasteiger partial charge is 0.254 e. The number of carbonyl (C=O) groups excluding carboxylic acids is 2. The van der Waals surface area contributed by atoms with Crippen LogP contribution in [0.3, 0.4) is 0 Å². The highest BCUT2D eigenvalue weighted by atomic mass is 16.5. The molecule has 2 aromatic rings. The number of amides is 2. The lowest BCUT2D eigenvalue weighted by Gasteiger charge is -2.17. The molecule has 3 aliphatic rings. The molecule has 2 amide bonds. The SMILES string of the molecule is C=CCc1cc(C=NN2C(=O)[C@@H]3[C@H](C2=O)[C@H]2C=C[C@H]3C2)cc(OCC)c1OCc1ccc(C)cc1. The van der Waals surface area contributed by atoms with Crippen molar-refractivity contribution in [3.63, 3.8) is 0 Å². The molecular formula is C29H30N2O4. The van der Waals surface area contributed by atoms with E-state index in [1.807, 2.05) is 37.3 Å². The van der Waals surface area contributed by atoms with Crippen molar-refractivity contribution in [2.24, 2.45) is 28.8 Å². The third-order valence-corrected chi connectivity index (χ3v) is 7.09. The van der Waals surface area contributed by atoms with Gasteiger partial charge in [0.15, 0.2) is 11.5 Å². The van der Waals surface area contributed by atoms with E-state index in [9.17, 15) is 9.59 Å². The molecule has 2 fully saturated rings. The van der Waals surface area contributed by atoms with Gasteiger partial charge >= 0.3 is 0 Å². The predicted molar refractivity (Wildman–Crippen MR) is 134 cm³/mol. The molecule has 180 valence electrons. The molecule has 6 heteroatoms. The van der Waals surface area contributed by atoms with Crippen molar-refractivity contribution in [2.45, 2.75) is 33.3 Å². The summed E-state index contributed by atoms with van der Waals surface area (Å²) in [6.07, 6.45) is 9.00. The summed E-state index contributed by atoms with van der Waals surface area (Å²) in [7, 11) is 0. The summed E-state index contributed by atoms with van der Waals surface area (Å²) in [5.41, 5.74) is 3.89. The molecule has 0 aromatic heterocycles. The normalized spacial score (nSPS) is 24.5. The van der Waals surface area contributed by atoms with Crippen molar-refractivity contribution in [1.29, 1.82) is 0 Å². The fraction of sp³-hybridized carbons (Fsp3) is 0.345. The van der Waals surface area contributed by atoms with Gasteiger partial charge in [-0.1, -0.05) is 48.1 Å². The quantitative estimate of drug-likeness (QED) is 0.299. The molecule has 1 aliphatic heterocycles. The molecule has 5 rings (SSSR count). The monoisotopic (exact) mass is 470 g/mol. The van der Waals surface area contributed by atoms with Crippen molar-refractivity contribution < 1.29 is 19.1 Å². The largest absolute Gasteiger partial charge is 0.490 e. The third-order valence-electron chi connectivity index (χ3n) is 7.09. The number of allylic oxidation sites excluding steroid dienone is 3. The van der Waals surface area contributed by atoms with E-state index in [-0.39, 0.29) is 35.5 Å². The summed E-state index contributed by atoms with van der Waals surface area (Å²) in [5.74, 6) is 0.675. The zero-order valence-electron chi connectivity index (χ0n) is 20.1. The molecule has 1 heterocycles. The maximum atomic E-state index is 12.9. The lowest BCUT2D eigenvalue weighted by molar-refractivity contribution is -0.140. The summed E-state index contributed by atoms with van der Waals surface area (Å²) in [4.78, 5) is 25.9. The lowest BCUT2D eigenvalue weighted by atomic mass is 9.85. The number of hydrazone groups is 1. The minimum absolute atomic E-state index is 0.162. The summed E-state index contributed by atoms with van der Waals surface area (Å²) in [6.45, 7) is 8.73. The first-order chi connectivity index (χ1) is 17.0. The number of imide groups is 1. The van der Waals surface area contributed by atoms with E-state index in [0.717, 1.165) is 28.1 Å². The molecule has 6 nitrogen and oxygen atoms in total. The molecule has 4 atom stereocenters. The maximum absolute atomic E-state index is 12.9. The molecule has 0 unspecified atom stereocenters. The summed E-state index contributed by atoms with van der Waals surface area (Å²) < 4.78 is 12.1. The minimum Gasteiger partial charge on any atom is -0.490 e. The Hall–Kier alpha value is -3.67. The van der Waals surface area contributed by atoms with Gasteiger partial charge in [-0.05, 0) is 61.8 Å². The number of nitrogens with zero attached hydrogens (tertiary/aromatic N) is 2. The molecule has 1 saturated carbocycles. The van der Waals surface area contributed by atoms with Gasteiger partial charge in [0, 0.05) is 5.56 Å². The van der Waals surface area contributed by atoms with Crippen LogP contribution in [-0.4, -0.2) is 29.6 Å². The van der Waals surface area contributed by atoms with Crippen LogP contribution in [0.2, 0.25) is 0 Å². The van der Waals surface area contributed by atoms with Crippen LogP contribution in [0.1, 0.15) is 35.6 Å². The van der Waals surface area contributed by atoms with E-state index in [2.05, 4.69) is 42.9 Å². The van der Waals surface area contributed by atoms with Gasteiger partial charge in [0.2, 0.25) is 0 Å². The maximum Gasteiger partial charge on any atom is 0.254 e. The molecule has 2 aromatic carbocycles. The Balaban J connectivity index is 1.39. The highest BCUT2D eigenvalue weighted by Crippen LogP contribution is 2.52. The predicted octanol–water partition coefficient (Wildman–Crippen LogP) is 4.84. The van der Waals surface area contributed by atoms with Crippen LogP contribution in [0, 0.1) is 30.6 Å². The van der Waals surface area contributed by atoms with E-state index >= 15 is 0 Å². The van der Waals surface area contributed by atoms with Crippen LogP contribution in [0.4, 0.5) is 0 Å². The molecule has 1 saturated heterocycles. The molecule has 35 heavy (non-hydrogen) atoms. The van der Waals surface area contributed by atoms with Crippen LogP contribution in [0.25, 0.3) is 0 Å². The fourth-order valence-electron chi connectivity index (χ4n) is 5.46. The molecule has 0 N–H and O–H groups in total. The second kappa shape index (κ2) is 9.53. The van der Waals surface area contributed by atoms with Gasteiger partial charge in [-0.25, -0.2) is 0 Å².